The first kappa shape index (κ1) is 16.8. The Kier molecular flexibility index (Phi) is 4.49. The van der Waals surface area contributed by atoms with Gasteiger partial charge in [0, 0.05) is 25.2 Å². The van der Waals surface area contributed by atoms with E-state index in [1.54, 1.807) is 29.2 Å². The SMILES string of the molecule is O=C(O)[C@H]1CCCN(C(=O)c2cccc(N3CCCS3(=O)=O)c2)C1. The highest BCUT2D eigenvalue weighted by Gasteiger charge is 2.31. The van der Waals surface area contributed by atoms with Crippen LogP contribution in [0.4, 0.5) is 5.69 Å². The van der Waals surface area contributed by atoms with Gasteiger partial charge < -0.3 is 10.0 Å². The van der Waals surface area contributed by atoms with Crippen LogP contribution in [-0.4, -0.2) is 55.7 Å². The fourth-order valence-corrected chi connectivity index (χ4v) is 4.83. The van der Waals surface area contributed by atoms with Crippen molar-refractivity contribution in [3.05, 3.63) is 29.8 Å². The van der Waals surface area contributed by atoms with Gasteiger partial charge in [-0.2, -0.15) is 0 Å². The van der Waals surface area contributed by atoms with Gasteiger partial charge in [0.1, 0.15) is 0 Å². The van der Waals surface area contributed by atoms with Crippen LogP contribution in [0, 0.1) is 5.92 Å². The first-order valence-electron chi connectivity index (χ1n) is 8.01. The van der Waals surface area contributed by atoms with Crippen LogP contribution >= 0.6 is 0 Å². The number of benzene rings is 1. The Morgan fingerprint density at radius 2 is 1.96 bits per heavy atom. The molecule has 1 amide bonds. The molecule has 0 radical (unpaired) electrons. The van der Waals surface area contributed by atoms with E-state index >= 15 is 0 Å². The number of aliphatic carboxylic acids is 1. The third-order valence-corrected chi connectivity index (χ3v) is 6.41. The van der Waals surface area contributed by atoms with Crippen LogP contribution in [0.1, 0.15) is 29.6 Å². The molecule has 130 valence electrons. The summed E-state index contributed by atoms with van der Waals surface area (Å²) in [5.41, 5.74) is 0.880. The van der Waals surface area contributed by atoms with Gasteiger partial charge in [0.2, 0.25) is 10.0 Å². The van der Waals surface area contributed by atoms with Crippen LogP contribution in [0.3, 0.4) is 0 Å². The number of carboxylic acids is 1. The maximum atomic E-state index is 12.7. The van der Waals surface area contributed by atoms with Gasteiger partial charge in [0.25, 0.3) is 5.91 Å². The van der Waals surface area contributed by atoms with Crippen LogP contribution in [0.15, 0.2) is 24.3 Å². The summed E-state index contributed by atoms with van der Waals surface area (Å²) >= 11 is 0. The van der Waals surface area contributed by atoms with E-state index in [9.17, 15) is 18.0 Å². The molecular formula is C16H20N2O5S. The predicted molar refractivity (Wildman–Crippen MR) is 88.5 cm³/mol. The summed E-state index contributed by atoms with van der Waals surface area (Å²) in [5.74, 6) is -1.55. The molecule has 0 spiro atoms. The number of nitrogens with zero attached hydrogens (tertiary/aromatic N) is 2. The zero-order valence-electron chi connectivity index (χ0n) is 13.2. The molecule has 0 aromatic heterocycles. The average Bonchev–Trinajstić information content (AvgIpc) is 2.93. The number of likely N-dealkylation sites (tertiary alicyclic amines) is 1. The molecule has 0 bridgehead atoms. The van der Waals surface area contributed by atoms with E-state index in [1.165, 1.54) is 4.31 Å². The minimum absolute atomic E-state index is 0.123. The van der Waals surface area contributed by atoms with Crippen molar-refractivity contribution in [3.63, 3.8) is 0 Å². The molecule has 2 fully saturated rings. The molecule has 7 nitrogen and oxygen atoms in total. The molecule has 3 rings (SSSR count). The van der Waals surface area contributed by atoms with Crippen LogP contribution in [-0.2, 0) is 14.8 Å². The Bertz CT molecular complexity index is 761. The van der Waals surface area contributed by atoms with E-state index in [-0.39, 0.29) is 18.2 Å². The number of piperidine rings is 1. The summed E-state index contributed by atoms with van der Waals surface area (Å²) in [6.45, 7) is 1.14. The number of amides is 1. The standard InChI is InChI=1S/C16H20N2O5S/c19-15(17-7-2-5-13(11-17)16(20)21)12-4-1-6-14(10-12)18-8-3-9-24(18,22)23/h1,4,6,10,13H,2-3,5,7-9,11H2,(H,20,21)/t13-/m0/s1. The summed E-state index contributed by atoms with van der Waals surface area (Å²) in [5, 5.41) is 9.14. The number of sulfonamides is 1. The van der Waals surface area contributed by atoms with Gasteiger partial charge >= 0.3 is 5.97 Å². The maximum Gasteiger partial charge on any atom is 0.308 e. The van der Waals surface area contributed by atoms with Crippen LogP contribution < -0.4 is 4.31 Å². The molecule has 8 heteroatoms. The molecule has 1 aromatic rings. The number of carbonyl (C=O) groups excluding carboxylic acids is 1. The van der Waals surface area contributed by atoms with Gasteiger partial charge in [0.15, 0.2) is 0 Å². The number of hydrogen-bond acceptors (Lipinski definition) is 4. The second-order valence-electron chi connectivity index (χ2n) is 6.22. The lowest BCUT2D eigenvalue weighted by Gasteiger charge is -2.31. The highest BCUT2D eigenvalue weighted by molar-refractivity contribution is 7.93. The summed E-state index contributed by atoms with van der Waals surface area (Å²) in [4.78, 5) is 25.4. The molecule has 1 N–H and O–H groups in total. The zero-order valence-corrected chi connectivity index (χ0v) is 14.0. The normalized spacial score (nSPS) is 23.2. The third-order valence-electron chi connectivity index (χ3n) is 4.54. The smallest absolute Gasteiger partial charge is 0.308 e. The molecule has 1 atom stereocenters. The molecule has 0 saturated carbocycles. The van der Waals surface area contributed by atoms with Crippen molar-refractivity contribution in [1.29, 1.82) is 0 Å². The summed E-state index contributed by atoms with van der Waals surface area (Å²) in [7, 11) is -3.30. The quantitative estimate of drug-likeness (QED) is 0.881. The highest BCUT2D eigenvalue weighted by atomic mass is 32.2. The van der Waals surface area contributed by atoms with E-state index in [4.69, 9.17) is 5.11 Å². The molecule has 2 aliphatic rings. The minimum atomic E-state index is -3.30. The van der Waals surface area contributed by atoms with E-state index in [0.29, 0.717) is 43.6 Å². The Balaban J connectivity index is 1.81. The summed E-state index contributed by atoms with van der Waals surface area (Å²) < 4.78 is 25.4. The van der Waals surface area contributed by atoms with E-state index in [2.05, 4.69) is 0 Å². The van der Waals surface area contributed by atoms with Gasteiger partial charge in [-0.3, -0.25) is 13.9 Å². The van der Waals surface area contributed by atoms with Gasteiger partial charge in [-0.05, 0) is 37.5 Å². The van der Waals surface area contributed by atoms with Crippen molar-refractivity contribution in [3.8, 4) is 0 Å². The Hall–Kier alpha value is -2.09. The topological polar surface area (TPSA) is 95.0 Å². The van der Waals surface area contributed by atoms with Crippen LogP contribution in [0.5, 0.6) is 0 Å². The minimum Gasteiger partial charge on any atom is -0.481 e. The Morgan fingerprint density at radius 1 is 1.17 bits per heavy atom. The molecule has 24 heavy (non-hydrogen) atoms. The van der Waals surface area contributed by atoms with Crippen molar-refractivity contribution >= 4 is 27.6 Å². The van der Waals surface area contributed by atoms with Crippen molar-refractivity contribution < 1.29 is 23.1 Å². The fraction of sp³-hybridized carbons (Fsp3) is 0.500. The first-order valence-corrected chi connectivity index (χ1v) is 9.62. The van der Waals surface area contributed by atoms with Crippen LogP contribution in [0.25, 0.3) is 0 Å². The second kappa shape index (κ2) is 6.43. The molecule has 0 aliphatic carbocycles. The number of carbonyl (C=O) groups is 2. The summed E-state index contributed by atoms with van der Waals surface area (Å²) in [6.07, 6.45) is 1.81. The van der Waals surface area contributed by atoms with Crippen LogP contribution in [0.2, 0.25) is 0 Å². The molecule has 1 aromatic carbocycles. The van der Waals surface area contributed by atoms with Gasteiger partial charge in [0.05, 0.1) is 17.4 Å². The van der Waals surface area contributed by atoms with E-state index < -0.39 is 21.9 Å². The molecule has 0 unspecified atom stereocenters. The highest BCUT2D eigenvalue weighted by Crippen LogP contribution is 2.26. The maximum absolute atomic E-state index is 12.7. The van der Waals surface area contributed by atoms with Gasteiger partial charge in [-0.1, -0.05) is 6.07 Å². The summed E-state index contributed by atoms with van der Waals surface area (Å²) in [6, 6.07) is 6.55. The number of hydrogen-bond donors (Lipinski definition) is 1. The first-order chi connectivity index (χ1) is 11.4. The second-order valence-corrected chi connectivity index (χ2v) is 8.23. The van der Waals surface area contributed by atoms with Crippen molar-refractivity contribution in [2.75, 3.05) is 29.7 Å². The lowest BCUT2D eigenvalue weighted by Crippen LogP contribution is -2.42. The number of anilines is 1. The predicted octanol–water partition coefficient (Wildman–Crippen LogP) is 1.16. The largest absolute Gasteiger partial charge is 0.481 e. The molecule has 2 aliphatic heterocycles. The van der Waals surface area contributed by atoms with E-state index in [0.717, 1.165) is 0 Å². The lowest BCUT2D eigenvalue weighted by molar-refractivity contribution is -0.143. The third kappa shape index (κ3) is 3.24. The molecule has 2 heterocycles. The Morgan fingerprint density at radius 3 is 2.62 bits per heavy atom. The monoisotopic (exact) mass is 352 g/mol. The molecule has 2 saturated heterocycles. The number of carboxylic acid groups (broad SMARTS) is 1. The Labute approximate surface area is 140 Å². The van der Waals surface area contributed by atoms with Crippen molar-refractivity contribution in [2.45, 2.75) is 19.3 Å². The van der Waals surface area contributed by atoms with Crippen molar-refractivity contribution in [2.24, 2.45) is 5.92 Å². The lowest BCUT2D eigenvalue weighted by atomic mass is 9.97. The van der Waals surface area contributed by atoms with Crippen molar-refractivity contribution in [1.82, 2.24) is 4.90 Å². The number of rotatable bonds is 3. The zero-order chi connectivity index (χ0) is 17.3. The molecular weight excluding hydrogens is 332 g/mol. The average molecular weight is 352 g/mol. The van der Waals surface area contributed by atoms with Gasteiger partial charge in [-0.15, -0.1) is 0 Å². The fourth-order valence-electron chi connectivity index (χ4n) is 3.27. The van der Waals surface area contributed by atoms with E-state index in [1.807, 2.05) is 0 Å². The van der Waals surface area contributed by atoms with Gasteiger partial charge in [-0.25, -0.2) is 8.42 Å².